The minimum atomic E-state index is -1.05. The molecule has 2 saturated heterocycles. The Labute approximate surface area is 366 Å². The van der Waals surface area contributed by atoms with E-state index in [1.807, 2.05) is 46.0 Å². The lowest BCUT2D eigenvalue weighted by Gasteiger charge is -2.36. The smallest absolute Gasteiger partial charge is 0.266 e. The van der Waals surface area contributed by atoms with Gasteiger partial charge in [0.25, 0.3) is 11.8 Å². The van der Waals surface area contributed by atoms with Gasteiger partial charge in [-0.25, -0.2) is 15.0 Å². The van der Waals surface area contributed by atoms with Crippen LogP contribution in [0.15, 0.2) is 73.4 Å². The van der Waals surface area contributed by atoms with Crippen LogP contribution < -0.4 is 26.0 Å². The molecular formula is C43H47N11O10. The highest BCUT2D eigenvalue weighted by Gasteiger charge is 2.46. The Balaban J connectivity index is 0.654. The van der Waals surface area contributed by atoms with Crippen molar-refractivity contribution < 1.29 is 47.7 Å². The monoisotopic (exact) mass is 877 g/mol. The number of hydrogen-bond donors (Lipinski definition) is 3. The van der Waals surface area contributed by atoms with E-state index in [0.29, 0.717) is 87.9 Å². The summed E-state index contributed by atoms with van der Waals surface area (Å²) in [6, 6.07) is 11.7. The zero-order valence-electron chi connectivity index (χ0n) is 34.8. The molecule has 2 aromatic carbocycles. The number of piperazine rings is 1. The maximum atomic E-state index is 13.2. The maximum Gasteiger partial charge on any atom is 0.266 e. The Bertz CT molecular complexity index is 2490. The lowest BCUT2D eigenvalue weighted by atomic mass is 10.0. The summed E-state index contributed by atoms with van der Waals surface area (Å²) in [7, 11) is 0. The van der Waals surface area contributed by atoms with E-state index in [9.17, 15) is 24.0 Å². The summed E-state index contributed by atoms with van der Waals surface area (Å²) in [6.45, 7) is 4.75. The number of aromatic nitrogens is 5. The second kappa shape index (κ2) is 20.4. The van der Waals surface area contributed by atoms with E-state index < -0.39 is 29.7 Å². The Morgan fingerprint density at radius 3 is 2.25 bits per heavy atom. The molecule has 6 heterocycles. The van der Waals surface area contributed by atoms with E-state index in [1.54, 1.807) is 24.5 Å². The van der Waals surface area contributed by atoms with Crippen molar-refractivity contribution in [2.45, 2.75) is 18.9 Å². The molecule has 8 rings (SSSR count). The van der Waals surface area contributed by atoms with E-state index in [1.165, 1.54) is 12.3 Å². The second-order valence-corrected chi connectivity index (χ2v) is 14.9. The molecule has 2 fully saturated rings. The third kappa shape index (κ3) is 10.2. The van der Waals surface area contributed by atoms with Gasteiger partial charge in [0.05, 0.1) is 69.8 Å². The van der Waals surface area contributed by atoms with E-state index in [-0.39, 0.29) is 62.1 Å². The van der Waals surface area contributed by atoms with Gasteiger partial charge in [-0.3, -0.25) is 39.2 Å². The first kappa shape index (κ1) is 43.6. The molecule has 3 aliphatic rings. The minimum absolute atomic E-state index is 0.0213. The van der Waals surface area contributed by atoms with Gasteiger partial charge < -0.3 is 48.9 Å². The maximum absolute atomic E-state index is 13.2. The average molecular weight is 878 g/mol. The quantitative estimate of drug-likeness (QED) is 0.0744. The molecule has 3 aromatic heterocycles. The van der Waals surface area contributed by atoms with Crippen molar-refractivity contribution in [1.29, 1.82) is 0 Å². The number of rotatable bonds is 20. The highest BCUT2D eigenvalue weighted by molar-refractivity contribution is 6.24. The van der Waals surface area contributed by atoms with Gasteiger partial charge >= 0.3 is 0 Å². The van der Waals surface area contributed by atoms with E-state index in [2.05, 4.69) is 30.5 Å². The van der Waals surface area contributed by atoms with Crippen LogP contribution in [-0.4, -0.2) is 155 Å². The number of amides is 5. The molecule has 0 bridgehead atoms. The van der Waals surface area contributed by atoms with Crippen molar-refractivity contribution in [3.05, 3.63) is 84.6 Å². The fourth-order valence-electron chi connectivity index (χ4n) is 7.48. The topological polar surface area (TPSA) is 247 Å². The summed E-state index contributed by atoms with van der Waals surface area (Å²) in [6.07, 6.45) is 8.57. The molecule has 0 spiro atoms. The molecule has 0 saturated carbocycles. The number of fused-ring (bicyclic) bond motifs is 2. The van der Waals surface area contributed by atoms with Gasteiger partial charge in [-0.05, 0) is 42.8 Å². The van der Waals surface area contributed by atoms with Gasteiger partial charge in [-0.2, -0.15) is 0 Å². The van der Waals surface area contributed by atoms with Gasteiger partial charge in [0.2, 0.25) is 17.7 Å². The molecule has 5 aromatic rings. The fraction of sp³-hybridized carbons (Fsp3) is 0.372. The zero-order valence-corrected chi connectivity index (χ0v) is 34.8. The Morgan fingerprint density at radius 1 is 0.812 bits per heavy atom. The number of ether oxygens (including phenoxy) is 5. The largest absolute Gasteiger partial charge is 0.490 e. The third-order valence-corrected chi connectivity index (χ3v) is 10.7. The molecule has 21 heteroatoms. The average Bonchev–Trinajstić information content (AvgIpc) is 3.89. The molecular weight excluding hydrogens is 831 g/mol. The van der Waals surface area contributed by atoms with Crippen molar-refractivity contribution in [1.82, 2.24) is 39.5 Å². The van der Waals surface area contributed by atoms with Gasteiger partial charge in [0, 0.05) is 62.6 Å². The van der Waals surface area contributed by atoms with Crippen LogP contribution in [0.25, 0.3) is 17.0 Å². The minimum Gasteiger partial charge on any atom is -0.490 e. The summed E-state index contributed by atoms with van der Waals surface area (Å²) in [5.74, 6) is -1.32. The second-order valence-electron chi connectivity index (χ2n) is 14.9. The number of nitrogens with two attached hydrogens (primary N) is 1. The molecule has 4 N–H and O–H groups in total. The van der Waals surface area contributed by atoms with Gasteiger partial charge in [0.15, 0.2) is 11.5 Å². The summed E-state index contributed by atoms with van der Waals surface area (Å²) < 4.78 is 29.9. The molecule has 21 nitrogen and oxygen atoms in total. The predicted octanol–water partition coefficient (Wildman–Crippen LogP) is 1.71. The first-order chi connectivity index (χ1) is 31.2. The third-order valence-electron chi connectivity index (χ3n) is 10.7. The molecule has 64 heavy (non-hydrogen) atoms. The molecule has 3 aliphatic heterocycles. The van der Waals surface area contributed by atoms with Crippen molar-refractivity contribution >= 4 is 58.2 Å². The van der Waals surface area contributed by atoms with Gasteiger partial charge in [0.1, 0.15) is 42.2 Å². The molecule has 0 radical (unpaired) electrons. The van der Waals surface area contributed by atoms with Crippen LogP contribution in [-0.2, 0) is 33.3 Å². The van der Waals surface area contributed by atoms with Crippen LogP contribution in [0, 0.1) is 0 Å². The van der Waals surface area contributed by atoms with E-state index in [0.717, 1.165) is 16.3 Å². The number of carbonyl (C=O) groups is 5. The number of nitrogen functional groups attached to an aromatic ring is 1. The van der Waals surface area contributed by atoms with Crippen molar-refractivity contribution in [3.63, 3.8) is 0 Å². The number of piperidine rings is 1. The number of hydrogen-bond acceptors (Lipinski definition) is 17. The zero-order chi connectivity index (χ0) is 44.4. The number of imide groups is 2. The first-order valence-corrected chi connectivity index (χ1v) is 20.8. The van der Waals surface area contributed by atoms with Crippen molar-refractivity contribution in [2.75, 3.05) is 102 Å². The van der Waals surface area contributed by atoms with Crippen LogP contribution in [0.5, 0.6) is 5.75 Å². The highest BCUT2D eigenvalue weighted by Crippen LogP contribution is 2.34. The van der Waals surface area contributed by atoms with Crippen LogP contribution in [0.1, 0.15) is 33.6 Å². The Hall–Kier alpha value is -7.07. The number of benzene rings is 2. The van der Waals surface area contributed by atoms with E-state index in [4.69, 9.17) is 34.4 Å². The molecule has 1 unspecified atom stereocenters. The molecule has 1 atom stereocenters. The van der Waals surface area contributed by atoms with Crippen LogP contribution in [0.4, 0.5) is 23.0 Å². The summed E-state index contributed by atoms with van der Waals surface area (Å²) >= 11 is 0. The number of nitrogens with zero attached hydrogens (tertiary/aromatic N) is 8. The Kier molecular flexibility index (Phi) is 13.9. The van der Waals surface area contributed by atoms with E-state index >= 15 is 0 Å². The van der Waals surface area contributed by atoms with Gasteiger partial charge in [-0.1, -0.05) is 6.07 Å². The van der Waals surface area contributed by atoms with Crippen LogP contribution in [0.2, 0.25) is 0 Å². The van der Waals surface area contributed by atoms with Crippen molar-refractivity contribution in [3.8, 4) is 17.1 Å². The highest BCUT2D eigenvalue weighted by atomic mass is 16.6. The predicted molar refractivity (Wildman–Crippen MR) is 229 cm³/mol. The van der Waals surface area contributed by atoms with Crippen LogP contribution in [0.3, 0.4) is 0 Å². The number of imidazole rings is 1. The normalized spacial score (nSPS) is 16.4. The lowest BCUT2D eigenvalue weighted by molar-refractivity contribution is -0.137. The number of carbonyl (C=O) groups excluding carboxylic acids is 5. The fourth-order valence-corrected chi connectivity index (χ4v) is 7.48. The SMILES string of the molecule is Nc1cncc(-c2cn3ccnc3c(Nc3ccc(N4CCN(C(=O)COCCOCCOCCOCCOc5cccc6c5C(=O)N(C5CCC(=O)NC5=O)C6=O)CC4)cc3)n2)n1. The number of nitrogens with one attached hydrogen (secondary N) is 2. The standard InChI is InChI=1S/C43H47N11O10/c44-35-25-45-24-31(48-35)32-26-53-11-10-46-40(53)39(49-32)47-28-4-6-29(7-5-28)51-12-14-52(15-13-51)37(56)27-63-21-20-61-17-16-60-18-19-62-22-23-64-34-3-1-2-30-38(34)43(59)54(42(30)58)33-8-9-36(55)50-41(33)57/h1-7,10-11,24-26,33H,8-9,12-23,27H2,(H2,44,48)(H,47,49)(H,50,55,57). The summed E-state index contributed by atoms with van der Waals surface area (Å²) in [5.41, 5.74) is 9.77. The lowest BCUT2D eigenvalue weighted by Crippen LogP contribution is -2.54. The summed E-state index contributed by atoms with van der Waals surface area (Å²) in [5, 5.41) is 5.55. The number of anilines is 4. The Morgan fingerprint density at radius 2 is 1.53 bits per heavy atom. The molecule has 5 amide bonds. The van der Waals surface area contributed by atoms with Crippen molar-refractivity contribution in [2.24, 2.45) is 0 Å². The molecule has 334 valence electrons. The summed E-state index contributed by atoms with van der Waals surface area (Å²) in [4.78, 5) is 85.5. The molecule has 0 aliphatic carbocycles. The first-order valence-electron chi connectivity index (χ1n) is 20.8. The van der Waals surface area contributed by atoms with Crippen LogP contribution >= 0.6 is 0 Å². The van der Waals surface area contributed by atoms with Gasteiger partial charge in [-0.15, -0.1) is 0 Å².